The predicted molar refractivity (Wildman–Crippen MR) is 108 cm³/mol. The molecule has 0 spiro atoms. The van der Waals surface area contributed by atoms with Crippen molar-refractivity contribution in [2.24, 2.45) is 21.7 Å². The summed E-state index contributed by atoms with van der Waals surface area (Å²) >= 11 is 9.34. The van der Waals surface area contributed by atoms with Crippen molar-refractivity contribution < 1.29 is 9.84 Å². The van der Waals surface area contributed by atoms with Crippen LogP contribution in [0.25, 0.3) is 11.2 Å². The molecule has 0 saturated carbocycles. The Kier molecular flexibility index (Phi) is 7.24. The van der Waals surface area contributed by atoms with Crippen LogP contribution in [0.2, 0.25) is 0 Å². The maximum atomic E-state index is 9.53. The number of rotatable bonds is 8. The number of imidazole rings is 1. The summed E-state index contributed by atoms with van der Waals surface area (Å²) < 4.78 is 7.30. The Morgan fingerprint density at radius 3 is 2.52 bits per heavy atom. The number of fused-ring (bicyclic) bond motifs is 1. The Bertz CT molecular complexity index is 868. The van der Waals surface area contributed by atoms with Crippen molar-refractivity contribution in [2.75, 3.05) is 12.3 Å². The minimum absolute atomic E-state index is 0.0329. The summed E-state index contributed by atoms with van der Waals surface area (Å²) in [7, 11) is 0. The molecule has 2 aromatic heterocycles. The Morgan fingerprint density at radius 1 is 1.22 bits per heavy atom. The molecule has 27 heavy (non-hydrogen) atoms. The topological polar surface area (TPSA) is 200 Å². The van der Waals surface area contributed by atoms with Gasteiger partial charge in [0.2, 0.25) is 0 Å². The van der Waals surface area contributed by atoms with Crippen LogP contribution >= 0.6 is 24.4 Å². The molecule has 2 unspecified atom stereocenters. The minimum atomic E-state index is -0.875. The van der Waals surface area contributed by atoms with Crippen molar-refractivity contribution in [3.8, 4) is 0 Å². The molecule has 2 heterocycles. The molecule has 2 aromatic rings. The number of aliphatic hydroxyl groups is 1. The van der Waals surface area contributed by atoms with Gasteiger partial charge in [-0.3, -0.25) is 15.4 Å². The fourth-order valence-electron chi connectivity index (χ4n) is 1.88. The molecule has 0 bridgehead atoms. The molecule has 0 aliphatic rings. The summed E-state index contributed by atoms with van der Waals surface area (Å²) in [5.41, 5.74) is 22.0. The Morgan fingerprint density at radius 2 is 1.89 bits per heavy atom. The lowest BCUT2D eigenvalue weighted by Crippen LogP contribution is -2.30. The van der Waals surface area contributed by atoms with E-state index in [2.05, 4.69) is 48.2 Å². The number of thiocarbonyl (C=S) groups is 2. The van der Waals surface area contributed by atoms with Gasteiger partial charge < -0.3 is 27.0 Å². The van der Waals surface area contributed by atoms with Gasteiger partial charge in [-0.2, -0.15) is 10.2 Å². The van der Waals surface area contributed by atoms with Gasteiger partial charge in [0.15, 0.2) is 27.9 Å². The van der Waals surface area contributed by atoms with Crippen LogP contribution in [-0.2, 0) is 4.74 Å². The number of hydrazone groups is 2. The van der Waals surface area contributed by atoms with E-state index in [1.165, 1.54) is 29.7 Å². The molecular formula is C12H17N11O2S2. The maximum Gasteiger partial charge on any atom is 0.184 e. The van der Waals surface area contributed by atoms with Gasteiger partial charge in [0.1, 0.15) is 17.9 Å². The van der Waals surface area contributed by atoms with E-state index in [9.17, 15) is 5.11 Å². The zero-order chi connectivity index (χ0) is 19.8. The first kappa shape index (κ1) is 20.3. The van der Waals surface area contributed by atoms with E-state index in [4.69, 9.17) is 34.2 Å². The summed E-state index contributed by atoms with van der Waals surface area (Å²) in [5, 5.41) is 17.1. The zero-order valence-electron chi connectivity index (χ0n) is 13.8. The summed E-state index contributed by atoms with van der Waals surface area (Å²) in [4.78, 5) is 12.2. The van der Waals surface area contributed by atoms with E-state index in [-0.39, 0.29) is 22.6 Å². The average molecular weight is 411 g/mol. The molecule has 0 aliphatic heterocycles. The first-order chi connectivity index (χ1) is 12.9. The molecule has 0 fully saturated rings. The van der Waals surface area contributed by atoms with Crippen molar-refractivity contribution in [3.05, 3.63) is 12.7 Å². The molecule has 0 aliphatic carbocycles. The lowest BCUT2D eigenvalue weighted by molar-refractivity contribution is 0.00129. The molecule has 15 heteroatoms. The van der Waals surface area contributed by atoms with Crippen molar-refractivity contribution >= 4 is 64.1 Å². The highest BCUT2D eigenvalue weighted by atomic mass is 32.1. The Balaban J connectivity index is 2.31. The number of aliphatic hydroxyl groups excluding tert-OH is 1. The van der Waals surface area contributed by atoms with Crippen LogP contribution in [0.4, 0.5) is 5.82 Å². The van der Waals surface area contributed by atoms with Crippen LogP contribution in [0, 0.1) is 0 Å². The second kappa shape index (κ2) is 9.62. The normalized spacial score (nSPS) is 13.8. The van der Waals surface area contributed by atoms with Crippen molar-refractivity contribution in [1.82, 2.24) is 30.4 Å². The standard InChI is InChI=1S/C12H17N11O2S2/c13-9-8-10(17-4-16-9)23(5-18-8)7(2-20-22-12(15)27)25-6(3-24)1-19-21-11(14)26/h1-2,4-7,24H,3H2,(H2,13,16,17)(H3,14,21,26)(H3,15,22,27)/b19-1+,20-2+. The number of nitrogens with zero attached hydrogens (tertiary/aromatic N) is 6. The minimum Gasteiger partial charge on any atom is -0.393 e. The molecule has 144 valence electrons. The fraction of sp³-hybridized carbons (Fsp3) is 0.250. The Hall–Kier alpha value is -3.01. The monoisotopic (exact) mass is 411 g/mol. The number of nitrogens with two attached hydrogens (primary N) is 3. The predicted octanol–water partition coefficient (Wildman–Crippen LogP) is -2.08. The average Bonchev–Trinajstić information content (AvgIpc) is 3.04. The third-order valence-electron chi connectivity index (χ3n) is 2.95. The fourth-order valence-corrected chi connectivity index (χ4v) is 1.99. The molecule has 2 atom stereocenters. The van der Waals surface area contributed by atoms with Crippen LogP contribution in [0.15, 0.2) is 22.9 Å². The summed E-state index contributed by atoms with van der Waals surface area (Å²) in [6.45, 7) is -0.390. The van der Waals surface area contributed by atoms with Gasteiger partial charge in [-0.1, -0.05) is 0 Å². The van der Waals surface area contributed by atoms with Crippen molar-refractivity contribution in [3.63, 3.8) is 0 Å². The first-order valence-electron chi connectivity index (χ1n) is 7.29. The van der Waals surface area contributed by atoms with Crippen LogP contribution in [0.1, 0.15) is 6.23 Å². The molecule has 9 N–H and O–H groups in total. The number of nitrogens with one attached hydrogen (secondary N) is 2. The number of anilines is 1. The van der Waals surface area contributed by atoms with Crippen LogP contribution in [-0.4, -0.2) is 60.0 Å². The number of nitrogen functional groups attached to an aromatic ring is 1. The lowest BCUT2D eigenvalue weighted by Gasteiger charge is -2.19. The maximum absolute atomic E-state index is 9.53. The number of hydrogen-bond donors (Lipinski definition) is 6. The third kappa shape index (κ3) is 5.74. The summed E-state index contributed by atoms with van der Waals surface area (Å²) in [6, 6.07) is 0. The van der Waals surface area contributed by atoms with E-state index < -0.39 is 12.3 Å². The number of hydrogen-bond acceptors (Lipinski definition) is 10. The van der Waals surface area contributed by atoms with Crippen LogP contribution in [0.3, 0.4) is 0 Å². The van der Waals surface area contributed by atoms with E-state index >= 15 is 0 Å². The highest BCUT2D eigenvalue weighted by molar-refractivity contribution is 7.80. The van der Waals surface area contributed by atoms with Gasteiger partial charge in [-0.25, -0.2) is 15.0 Å². The van der Waals surface area contributed by atoms with E-state index in [1.54, 1.807) is 0 Å². The third-order valence-corrected chi connectivity index (χ3v) is 3.13. The van der Waals surface area contributed by atoms with Gasteiger partial charge in [-0.05, 0) is 24.4 Å². The number of aromatic nitrogens is 4. The van der Waals surface area contributed by atoms with E-state index in [0.29, 0.717) is 11.2 Å². The first-order valence-corrected chi connectivity index (χ1v) is 8.10. The van der Waals surface area contributed by atoms with Crippen molar-refractivity contribution in [2.45, 2.75) is 12.3 Å². The highest BCUT2D eigenvalue weighted by Gasteiger charge is 2.19. The second-order valence-electron chi connectivity index (χ2n) is 4.84. The molecule has 2 rings (SSSR count). The smallest absolute Gasteiger partial charge is 0.184 e. The van der Waals surface area contributed by atoms with Gasteiger partial charge in [-0.15, -0.1) is 0 Å². The molecule has 0 saturated heterocycles. The number of ether oxygens (including phenoxy) is 1. The molecule has 13 nitrogen and oxygen atoms in total. The van der Waals surface area contributed by atoms with Gasteiger partial charge >= 0.3 is 0 Å². The summed E-state index contributed by atoms with van der Waals surface area (Å²) in [5.74, 6) is 0.205. The van der Waals surface area contributed by atoms with E-state index in [1.807, 2.05) is 0 Å². The Labute approximate surface area is 163 Å². The second-order valence-corrected chi connectivity index (χ2v) is 5.72. The van der Waals surface area contributed by atoms with Crippen LogP contribution < -0.4 is 28.1 Å². The SMILES string of the molecule is NC(=S)N/N=C/C(CO)OC(/C=N/NC(N)=S)n1cnc2c(N)ncnc21. The molecular weight excluding hydrogens is 394 g/mol. The molecule has 0 aromatic carbocycles. The highest BCUT2D eigenvalue weighted by Crippen LogP contribution is 2.19. The van der Waals surface area contributed by atoms with Gasteiger partial charge in [0.05, 0.1) is 25.4 Å². The van der Waals surface area contributed by atoms with Crippen LogP contribution in [0.5, 0.6) is 0 Å². The quantitative estimate of drug-likeness (QED) is 0.158. The van der Waals surface area contributed by atoms with Gasteiger partial charge in [0.25, 0.3) is 0 Å². The largest absolute Gasteiger partial charge is 0.393 e. The van der Waals surface area contributed by atoms with Gasteiger partial charge in [0, 0.05) is 0 Å². The molecule has 0 radical (unpaired) electrons. The van der Waals surface area contributed by atoms with E-state index in [0.717, 1.165) is 0 Å². The van der Waals surface area contributed by atoms with Crippen molar-refractivity contribution in [1.29, 1.82) is 0 Å². The summed E-state index contributed by atoms with van der Waals surface area (Å²) in [6.07, 6.45) is 3.63. The lowest BCUT2D eigenvalue weighted by atomic mass is 10.4. The zero-order valence-corrected chi connectivity index (χ0v) is 15.4. The molecule has 0 amide bonds.